The molecule has 1 rings (SSSR count). The summed E-state index contributed by atoms with van der Waals surface area (Å²) >= 11 is 2.17. The Morgan fingerprint density at radius 3 is 3.10 bits per heavy atom. The standard InChI is InChI=1S/C6H5FINO/c7-5-4-9-6(10-5)2-1-3-8/h1-2,4H,3H2/b2-1+. The van der Waals surface area contributed by atoms with Crippen molar-refractivity contribution < 1.29 is 8.81 Å². The predicted octanol–water partition coefficient (Wildman–Crippen LogP) is 2.26. The van der Waals surface area contributed by atoms with Gasteiger partial charge in [-0.3, -0.25) is 0 Å². The van der Waals surface area contributed by atoms with Crippen molar-refractivity contribution in [1.82, 2.24) is 4.98 Å². The van der Waals surface area contributed by atoms with Crippen LogP contribution in [0.3, 0.4) is 0 Å². The molecule has 54 valence electrons. The van der Waals surface area contributed by atoms with Crippen LogP contribution in [0.25, 0.3) is 6.08 Å². The monoisotopic (exact) mass is 253 g/mol. The number of halogens is 2. The summed E-state index contributed by atoms with van der Waals surface area (Å²) in [6.45, 7) is 0. The number of aromatic nitrogens is 1. The maximum absolute atomic E-state index is 12.1. The van der Waals surface area contributed by atoms with Crippen LogP contribution in [0.1, 0.15) is 5.89 Å². The molecule has 0 amide bonds. The lowest BCUT2D eigenvalue weighted by Crippen LogP contribution is -1.66. The largest absolute Gasteiger partial charge is 0.412 e. The molecule has 0 spiro atoms. The van der Waals surface area contributed by atoms with Gasteiger partial charge in [0.05, 0.1) is 0 Å². The van der Waals surface area contributed by atoms with Crippen LogP contribution in [0.5, 0.6) is 0 Å². The van der Waals surface area contributed by atoms with E-state index in [1.807, 2.05) is 6.08 Å². The first-order valence-electron chi connectivity index (χ1n) is 2.67. The molecular weight excluding hydrogens is 248 g/mol. The third-order valence-electron chi connectivity index (χ3n) is 0.845. The Morgan fingerprint density at radius 1 is 1.80 bits per heavy atom. The number of oxazole rings is 1. The van der Waals surface area contributed by atoms with Gasteiger partial charge in [0, 0.05) is 4.43 Å². The Balaban J connectivity index is 2.67. The first-order valence-corrected chi connectivity index (χ1v) is 4.19. The summed E-state index contributed by atoms with van der Waals surface area (Å²) < 4.78 is 17.5. The van der Waals surface area contributed by atoms with Gasteiger partial charge >= 0.3 is 0 Å². The molecule has 0 unspecified atom stereocenters. The van der Waals surface area contributed by atoms with E-state index in [1.54, 1.807) is 6.08 Å². The molecule has 0 fully saturated rings. The van der Waals surface area contributed by atoms with Crippen molar-refractivity contribution in [3.05, 3.63) is 24.2 Å². The SMILES string of the molecule is Fc1cnc(/C=C/CI)o1. The van der Waals surface area contributed by atoms with Gasteiger partial charge < -0.3 is 4.42 Å². The molecule has 0 aliphatic rings. The van der Waals surface area contributed by atoms with E-state index in [9.17, 15) is 4.39 Å². The van der Waals surface area contributed by atoms with Gasteiger partial charge in [-0.15, -0.1) is 0 Å². The highest BCUT2D eigenvalue weighted by molar-refractivity contribution is 14.1. The van der Waals surface area contributed by atoms with Gasteiger partial charge in [-0.2, -0.15) is 4.39 Å². The van der Waals surface area contributed by atoms with Crippen molar-refractivity contribution in [2.24, 2.45) is 0 Å². The average Bonchev–Trinajstić information content (AvgIpc) is 2.31. The van der Waals surface area contributed by atoms with Gasteiger partial charge in [-0.1, -0.05) is 28.7 Å². The minimum atomic E-state index is -0.645. The Bertz CT molecular complexity index is 233. The molecule has 0 radical (unpaired) electrons. The molecule has 0 aliphatic heterocycles. The fourth-order valence-corrected chi connectivity index (χ4v) is 0.744. The van der Waals surface area contributed by atoms with Crippen molar-refractivity contribution in [2.45, 2.75) is 0 Å². The highest BCUT2D eigenvalue weighted by atomic mass is 127. The van der Waals surface area contributed by atoms with E-state index in [4.69, 9.17) is 0 Å². The summed E-state index contributed by atoms with van der Waals surface area (Å²) in [5, 5.41) is 0. The second-order valence-electron chi connectivity index (χ2n) is 1.56. The highest BCUT2D eigenvalue weighted by Crippen LogP contribution is 2.02. The van der Waals surface area contributed by atoms with Crippen LogP contribution in [0.15, 0.2) is 16.7 Å². The summed E-state index contributed by atoms with van der Waals surface area (Å²) in [5.74, 6) is 0.314. The summed E-state index contributed by atoms with van der Waals surface area (Å²) in [5.41, 5.74) is 0. The lowest BCUT2D eigenvalue weighted by Gasteiger charge is -1.77. The van der Waals surface area contributed by atoms with E-state index < -0.39 is 6.01 Å². The quantitative estimate of drug-likeness (QED) is 0.596. The van der Waals surface area contributed by atoms with Gasteiger partial charge in [0.1, 0.15) is 6.20 Å². The molecule has 0 saturated heterocycles. The maximum atomic E-state index is 12.1. The molecule has 1 aromatic heterocycles. The molecule has 0 atom stereocenters. The van der Waals surface area contributed by atoms with Gasteiger partial charge in [-0.05, 0) is 6.08 Å². The summed E-state index contributed by atoms with van der Waals surface area (Å²) in [6.07, 6.45) is 4.52. The van der Waals surface area contributed by atoms with E-state index in [0.717, 1.165) is 10.6 Å². The topological polar surface area (TPSA) is 26.0 Å². The van der Waals surface area contributed by atoms with E-state index in [2.05, 4.69) is 32.0 Å². The van der Waals surface area contributed by atoms with E-state index in [-0.39, 0.29) is 0 Å². The molecule has 1 heterocycles. The molecule has 0 saturated carbocycles. The lowest BCUT2D eigenvalue weighted by atomic mass is 10.5. The molecule has 2 nitrogen and oxygen atoms in total. The van der Waals surface area contributed by atoms with Crippen LogP contribution in [0, 0.1) is 6.01 Å². The molecular formula is C6H5FINO. The van der Waals surface area contributed by atoms with Crippen LogP contribution >= 0.6 is 22.6 Å². The number of nitrogens with zero attached hydrogens (tertiary/aromatic N) is 1. The Kier molecular flexibility index (Phi) is 2.85. The molecule has 0 N–H and O–H groups in total. The smallest absolute Gasteiger partial charge is 0.298 e. The van der Waals surface area contributed by atoms with Gasteiger partial charge in [0.2, 0.25) is 5.89 Å². The van der Waals surface area contributed by atoms with Gasteiger partial charge in [-0.25, -0.2) is 4.98 Å². The first-order chi connectivity index (χ1) is 4.83. The number of hydrogen-bond donors (Lipinski definition) is 0. The van der Waals surface area contributed by atoms with Crippen LogP contribution in [-0.2, 0) is 0 Å². The molecule has 0 aromatic carbocycles. The third-order valence-corrected chi connectivity index (χ3v) is 1.35. The van der Waals surface area contributed by atoms with Gasteiger partial charge in [0.15, 0.2) is 0 Å². The van der Waals surface area contributed by atoms with Crippen LogP contribution in [0.4, 0.5) is 4.39 Å². The summed E-state index contributed by atoms with van der Waals surface area (Å²) in [7, 11) is 0. The van der Waals surface area contributed by atoms with E-state index in [0.29, 0.717) is 5.89 Å². The molecule has 10 heavy (non-hydrogen) atoms. The van der Waals surface area contributed by atoms with Crippen molar-refractivity contribution in [3.8, 4) is 0 Å². The number of allylic oxidation sites excluding steroid dienone is 1. The molecule has 0 aliphatic carbocycles. The van der Waals surface area contributed by atoms with Crippen LogP contribution in [-0.4, -0.2) is 9.41 Å². The highest BCUT2D eigenvalue weighted by Gasteiger charge is 1.95. The normalized spacial score (nSPS) is 11.0. The average molecular weight is 253 g/mol. The molecule has 1 aromatic rings. The second kappa shape index (κ2) is 3.70. The predicted molar refractivity (Wildman–Crippen MR) is 44.4 cm³/mol. The Labute approximate surface area is 71.3 Å². The minimum Gasteiger partial charge on any atom is -0.412 e. The van der Waals surface area contributed by atoms with E-state index in [1.165, 1.54) is 0 Å². The zero-order valence-corrected chi connectivity index (χ0v) is 7.21. The molecule has 4 heteroatoms. The van der Waals surface area contributed by atoms with Crippen molar-refractivity contribution in [2.75, 3.05) is 4.43 Å². The lowest BCUT2D eigenvalue weighted by molar-refractivity contribution is 0.353. The summed E-state index contributed by atoms with van der Waals surface area (Å²) in [6, 6.07) is -0.645. The first kappa shape index (κ1) is 7.71. The number of hydrogen-bond acceptors (Lipinski definition) is 2. The van der Waals surface area contributed by atoms with Crippen LogP contribution < -0.4 is 0 Å². The van der Waals surface area contributed by atoms with Gasteiger partial charge in [0.25, 0.3) is 6.01 Å². The fraction of sp³-hybridized carbons (Fsp3) is 0.167. The van der Waals surface area contributed by atoms with Crippen molar-refractivity contribution in [1.29, 1.82) is 0 Å². The Morgan fingerprint density at radius 2 is 2.60 bits per heavy atom. The second-order valence-corrected chi connectivity index (χ2v) is 2.44. The number of rotatable bonds is 2. The molecule has 0 bridgehead atoms. The summed E-state index contributed by atoms with van der Waals surface area (Å²) in [4.78, 5) is 3.62. The van der Waals surface area contributed by atoms with E-state index >= 15 is 0 Å². The van der Waals surface area contributed by atoms with Crippen molar-refractivity contribution >= 4 is 28.7 Å². The zero-order valence-electron chi connectivity index (χ0n) is 5.05. The van der Waals surface area contributed by atoms with Crippen molar-refractivity contribution in [3.63, 3.8) is 0 Å². The minimum absolute atomic E-state index is 0.314. The Hall–Kier alpha value is -0.390. The maximum Gasteiger partial charge on any atom is 0.298 e. The third kappa shape index (κ3) is 2.09. The zero-order chi connectivity index (χ0) is 7.40. The fourth-order valence-electron chi connectivity index (χ4n) is 0.489. The number of alkyl halides is 1. The van der Waals surface area contributed by atoms with Crippen LogP contribution in [0.2, 0.25) is 0 Å².